The minimum Gasteiger partial charge on any atom is -0.339 e. The molecule has 0 bridgehead atoms. The van der Waals surface area contributed by atoms with Gasteiger partial charge in [-0.2, -0.15) is 0 Å². The first kappa shape index (κ1) is 29.7. The van der Waals surface area contributed by atoms with Gasteiger partial charge in [0.15, 0.2) is 0 Å². The number of sulfonamides is 1. The first-order chi connectivity index (χ1) is 19.4. The van der Waals surface area contributed by atoms with Gasteiger partial charge in [-0.05, 0) is 94.0 Å². The number of fused-ring (bicyclic) bond motifs is 1. The topological polar surface area (TPSA) is 87.5 Å². The molecule has 0 unspecified atom stereocenters. The number of pyridine rings is 1. The number of hydrogen-bond acceptors (Lipinski definition) is 5. The fourth-order valence-corrected chi connectivity index (χ4v) is 7.35. The zero-order valence-electron chi connectivity index (χ0n) is 24.7. The molecule has 1 aromatic carbocycles. The zero-order valence-corrected chi connectivity index (χ0v) is 25.5. The van der Waals surface area contributed by atoms with Gasteiger partial charge >= 0.3 is 0 Å². The smallest absolute Gasteiger partial charge is 0.256 e. The maximum atomic E-state index is 14.4. The molecule has 1 aliphatic carbocycles. The first-order valence-corrected chi connectivity index (χ1v) is 16.5. The normalized spacial score (nSPS) is 20.5. The van der Waals surface area contributed by atoms with Crippen LogP contribution in [0.5, 0.6) is 0 Å². The number of likely N-dealkylation sites (tertiary alicyclic amines) is 1. The van der Waals surface area contributed by atoms with Crippen LogP contribution in [0.4, 0.5) is 4.39 Å². The molecule has 10 heteroatoms. The van der Waals surface area contributed by atoms with E-state index in [1.54, 1.807) is 18.0 Å². The van der Waals surface area contributed by atoms with Crippen molar-refractivity contribution in [1.29, 1.82) is 0 Å². The lowest BCUT2D eigenvalue weighted by Gasteiger charge is -2.42. The molecule has 1 amide bonds. The van der Waals surface area contributed by atoms with Crippen LogP contribution in [0.1, 0.15) is 61.0 Å². The van der Waals surface area contributed by atoms with Crippen LogP contribution in [0.15, 0.2) is 36.8 Å². The standard InChI is InChI=1S/C31H42FN5O3S/c1-20(2)35(4)31(38)27-13-25(32)8-11-28(27)37-19-24(30-21(3)14-33-15-29(30)37)12-23-17-36(18-23)16-22-6-9-26(10-7-22)34-41(5,39)40/h8,11,13-15,19-20,22-23,26,34H,6-7,9-10,12,16-18H2,1-5H3/t22-,26-. The summed E-state index contributed by atoms with van der Waals surface area (Å²) in [5.74, 6) is 0.498. The molecule has 222 valence electrons. The molecule has 0 atom stereocenters. The van der Waals surface area contributed by atoms with E-state index in [1.165, 1.54) is 24.0 Å². The van der Waals surface area contributed by atoms with Gasteiger partial charge in [0.2, 0.25) is 10.0 Å². The number of halogens is 1. The molecule has 1 saturated heterocycles. The Labute approximate surface area is 243 Å². The predicted octanol–water partition coefficient (Wildman–Crippen LogP) is 4.54. The van der Waals surface area contributed by atoms with Gasteiger partial charge in [0.25, 0.3) is 5.91 Å². The third kappa shape index (κ3) is 6.65. The fraction of sp³-hybridized carbons (Fsp3) is 0.548. The first-order valence-electron chi connectivity index (χ1n) is 14.6. The van der Waals surface area contributed by atoms with Crippen molar-refractivity contribution in [2.45, 2.75) is 65.0 Å². The highest BCUT2D eigenvalue weighted by atomic mass is 32.2. The van der Waals surface area contributed by atoms with E-state index in [0.29, 0.717) is 23.1 Å². The quantitative estimate of drug-likeness (QED) is 0.400. The summed E-state index contributed by atoms with van der Waals surface area (Å²) in [5, 5.41) is 1.15. The Morgan fingerprint density at radius 2 is 1.85 bits per heavy atom. The maximum absolute atomic E-state index is 14.4. The summed E-state index contributed by atoms with van der Waals surface area (Å²) in [6, 6.07) is 4.49. The van der Waals surface area contributed by atoms with Crippen molar-refractivity contribution in [3.05, 3.63) is 59.3 Å². The monoisotopic (exact) mass is 583 g/mol. The Hall–Kier alpha value is -2.82. The molecule has 1 aliphatic heterocycles. The van der Waals surface area contributed by atoms with Gasteiger partial charge < -0.3 is 14.4 Å². The van der Waals surface area contributed by atoms with Crippen LogP contribution in [-0.2, 0) is 16.4 Å². The molecule has 2 fully saturated rings. The van der Waals surface area contributed by atoms with Crippen LogP contribution in [0.3, 0.4) is 0 Å². The summed E-state index contributed by atoms with van der Waals surface area (Å²) >= 11 is 0. The third-order valence-corrected chi connectivity index (χ3v) is 9.57. The van der Waals surface area contributed by atoms with E-state index < -0.39 is 15.8 Å². The number of amides is 1. The highest BCUT2D eigenvalue weighted by molar-refractivity contribution is 7.88. The average molecular weight is 584 g/mol. The van der Waals surface area contributed by atoms with E-state index in [2.05, 4.69) is 27.7 Å². The van der Waals surface area contributed by atoms with Gasteiger partial charge in [-0.25, -0.2) is 17.5 Å². The number of aromatic nitrogens is 2. The summed E-state index contributed by atoms with van der Waals surface area (Å²) in [5.41, 5.74) is 4.22. The molecular formula is C31H42FN5O3S. The van der Waals surface area contributed by atoms with Crippen molar-refractivity contribution in [3.8, 4) is 5.69 Å². The zero-order chi connectivity index (χ0) is 29.5. The number of hydrogen-bond donors (Lipinski definition) is 1. The second kappa shape index (κ2) is 11.8. The lowest BCUT2D eigenvalue weighted by molar-refractivity contribution is 0.0716. The Balaban J connectivity index is 1.30. The molecule has 5 rings (SSSR count). The van der Waals surface area contributed by atoms with E-state index in [9.17, 15) is 17.6 Å². The van der Waals surface area contributed by atoms with Gasteiger partial charge in [0.1, 0.15) is 5.82 Å². The van der Waals surface area contributed by atoms with E-state index in [1.807, 2.05) is 30.8 Å². The Kier molecular flexibility index (Phi) is 8.55. The molecule has 1 N–H and O–H groups in total. The lowest BCUT2D eigenvalue weighted by atomic mass is 9.84. The fourth-order valence-electron chi connectivity index (χ4n) is 6.51. The number of aryl methyl sites for hydroxylation is 1. The van der Waals surface area contributed by atoms with E-state index in [4.69, 9.17) is 0 Å². The van der Waals surface area contributed by atoms with Crippen molar-refractivity contribution in [2.24, 2.45) is 11.8 Å². The van der Waals surface area contributed by atoms with Gasteiger partial charge in [0, 0.05) is 56.5 Å². The Bertz CT molecular complexity index is 1520. The van der Waals surface area contributed by atoms with E-state index in [-0.39, 0.29) is 18.0 Å². The minimum absolute atomic E-state index is 0.0137. The van der Waals surface area contributed by atoms with Gasteiger partial charge in [-0.3, -0.25) is 9.78 Å². The highest BCUT2D eigenvalue weighted by Gasteiger charge is 2.32. The second-order valence-electron chi connectivity index (χ2n) is 12.4. The summed E-state index contributed by atoms with van der Waals surface area (Å²) in [6.07, 6.45) is 11.9. The molecule has 2 aliphatic rings. The lowest BCUT2D eigenvalue weighted by Crippen LogP contribution is -2.50. The highest BCUT2D eigenvalue weighted by Crippen LogP contribution is 2.34. The molecule has 8 nitrogen and oxygen atoms in total. The van der Waals surface area contributed by atoms with Crippen molar-refractivity contribution in [1.82, 2.24) is 24.1 Å². The van der Waals surface area contributed by atoms with E-state index >= 15 is 0 Å². The number of nitrogens with zero attached hydrogens (tertiary/aromatic N) is 4. The van der Waals surface area contributed by atoms with Gasteiger partial charge in [-0.15, -0.1) is 0 Å². The minimum atomic E-state index is -3.15. The third-order valence-electron chi connectivity index (χ3n) is 8.81. The van der Waals surface area contributed by atoms with Gasteiger partial charge in [0.05, 0.1) is 29.2 Å². The van der Waals surface area contributed by atoms with Gasteiger partial charge in [-0.1, -0.05) is 0 Å². The number of carbonyl (C=O) groups is 1. The van der Waals surface area contributed by atoms with Crippen molar-refractivity contribution in [2.75, 3.05) is 32.9 Å². The van der Waals surface area contributed by atoms with Crippen LogP contribution in [0.25, 0.3) is 16.6 Å². The molecule has 0 spiro atoms. The van der Waals surface area contributed by atoms with Crippen molar-refractivity contribution < 1.29 is 17.6 Å². The van der Waals surface area contributed by atoms with Crippen LogP contribution < -0.4 is 4.72 Å². The summed E-state index contributed by atoms with van der Waals surface area (Å²) < 4.78 is 42.2. The molecule has 3 heterocycles. The van der Waals surface area contributed by atoms with Crippen LogP contribution >= 0.6 is 0 Å². The van der Waals surface area contributed by atoms with Crippen molar-refractivity contribution >= 4 is 26.8 Å². The number of rotatable bonds is 9. The molecule has 3 aromatic rings. The number of benzene rings is 1. The summed E-state index contributed by atoms with van der Waals surface area (Å²) in [6.45, 7) is 9.09. The molecule has 2 aromatic heterocycles. The summed E-state index contributed by atoms with van der Waals surface area (Å²) in [7, 11) is -1.40. The number of carbonyl (C=O) groups excluding carboxylic acids is 1. The summed E-state index contributed by atoms with van der Waals surface area (Å²) in [4.78, 5) is 21.9. The molecular weight excluding hydrogens is 541 g/mol. The second-order valence-corrected chi connectivity index (χ2v) is 14.2. The Morgan fingerprint density at radius 1 is 1.15 bits per heavy atom. The molecule has 0 radical (unpaired) electrons. The Morgan fingerprint density at radius 3 is 2.51 bits per heavy atom. The largest absolute Gasteiger partial charge is 0.339 e. The predicted molar refractivity (Wildman–Crippen MR) is 160 cm³/mol. The maximum Gasteiger partial charge on any atom is 0.256 e. The molecule has 41 heavy (non-hydrogen) atoms. The van der Waals surface area contributed by atoms with Crippen LogP contribution in [0.2, 0.25) is 0 Å². The van der Waals surface area contributed by atoms with Crippen molar-refractivity contribution in [3.63, 3.8) is 0 Å². The van der Waals surface area contributed by atoms with Crippen LogP contribution in [-0.4, -0.2) is 78.7 Å². The van der Waals surface area contributed by atoms with Crippen LogP contribution in [0, 0.1) is 24.6 Å². The number of nitrogens with one attached hydrogen (secondary N) is 1. The molecule has 1 saturated carbocycles. The van der Waals surface area contributed by atoms with E-state index in [0.717, 1.165) is 68.2 Å². The SMILES string of the molecule is Cc1cncc2c1c(CC1CN(C[C@H]3CC[C@H](NS(C)(=O)=O)CC3)C1)cn2-c1ccc(F)cc1C(=O)N(C)C(C)C. The average Bonchev–Trinajstić information content (AvgIpc) is 3.26.